The summed E-state index contributed by atoms with van der Waals surface area (Å²) in [4.78, 5) is 14.3. The zero-order chi connectivity index (χ0) is 17.2. The number of rotatable bonds is 6. The maximum atomic E-state index is 12.5. The van der Waals surface area contributed by atoms with Gasteiger partial charge in [0.2, 0.25) is 0 Å². The van der Waals surface area contributed by atoms with Crippen molar-refractivity contribution in [2.45, 2.75) is 51.7 Å². The van der Waals surface area contributed by atoms with Crippen LogP contribution in [0.15, 0.2) is 18.2 Å². The number of fused-ring (bicyclic) bond motifs is 1. The number of likely N-dealkylation sites (N-methyl/N-ethyl adjacent to an activating group) is 1. The van der Waals surface area contributed by atoms with E-state index in [2.05, 4.69) is 19.9 Å². The number of benzene rings is 1. The molecule has 0 aliphatic carbocycles. The normalized spacial score (nSPS) is 21.2. The molecule has 0 aromatic heterocycles. The van der Waals surface area contributed by atoms with Gasteiger partial charge in [-0.15, -0.1) is 0 Å². The van der Waals surface area contributed by atoms with Gasteiger partial charge in [-0.1, -0.05) is 12.1 Å². The Kier molecular flexibility index (Phi) is 4.99. The Morgan fingerprint density at radius 1 is 1.42 bits per heavy atom. The monoisotopic (exact) mass is 333 g/mol. The van der Waals surface area contributed by atoms with Crippen molar-refractivity contribution in [1.82, 2.24) is 4.90 Å². The summed E-state index contributed by atoms with van der Waals surface area (Å²) in [6.45, 7) is 8.24. The van der Waals surface area contributed by atoms with E-state index in [1.54, 1.807) is 0 Å². The Balaban J connectivity index is 1.59. The van der Waals surface area contributed by atoms with E-state index in [0.717, 1.165) is 37.2 Å². The second-order valence-corrected chi connectivity index (χ2v) is 7.14. The van der Waals surface area contributed by atoms with Gasteiger partial charge in [-0.25, -0.2) is 0 Å². The fourth-order valence-corrected chi connectivity index (χ4v) is 3.37. The topological polar surface area (TPSA) is 48.0 Å². The molecular formula is C19H27NO4. The van der Waals surface area contributed by atoms with Gasteiger partial charge < -0.3 is 19.1 Å². The Morgan fingerprint density at radius 3 is 2.96 bits per heavy atom. The molecule has 5 heteroatoms. The van der Waals surface area contributed by atoms with Gasteiger partial charge in [0.05, 0.1) is 6.10 Å². The van der Waals surface area contributed by atoms with Crippen LogP contribution in [0.3, 0.4) is 0 Å². The number of carbonyl (C=O) groups excluding carboxylic acids is 1. The lowest BCUT2D eigenvalue weighted by Crippen LogP contribution is -2.39. The van der Waals surface area contributed by atoms with Gasteiger partial charge in [0.25, 0.3) is 5.91 Å². The number of hydrogen-bond acceptors (Lipinski definition) is 4. The van der Waals surface area contributed by atoms with Gasteiger partial charge in [0.15, 0.2) is 18.1 Å². The molecule has 0 spiro atoms. The molecule has 24 heavy (non-hydrogen) atoms. The number of carbonyl (C=O) groups is 1. The molecule has 0 N–H and O–H groups in total. The lowest BCUT2D eigenvalue weighted by atomic mass is 10.0. The minimum absolute atomic E-state index is 0.0112. The van der Waals surface area contributed by atoms with Crippen LogP contribution in [-0.4, -0.2) is 48.8 Å². The van der Waals surface area contributed by atoms with E-state index < -0.39 is 0 Å². The number of ether oxygens (including phenoxy) is 3. The molecule has 0 radical (unpaired) electrons. The largest absolute Gasteiger partial charge is 0.483 e. The summed E-state index contributed by atoms with van der Waals surface area (Å²) in [6, 6.07) is 5.87. The minimum Gasteiger partial charge on any atom is -0.483 e. The zero-order valence-electron chi connectivity index (χ0n) is 14.8. The van der Waals surface area contributed by atoms with Crippen LogP contribution in [0.1, 0.15) is 39.2 Å². The van der Waals surface area contributed by atoms with Crippen molar-refractivity contribution in [3.8, 4) is 11.5 Å². The summed E-state index contributed by atoms with van der Waals surface area (Å²) >= 11 is 0. The second kappa shape index (κ2) is 7.01. The fraction of sp³-hybridized carbons (Fsp3) is 0.632. The van der Waals surface area contributed by atoms with Crippen LogP contribution < -0.4 is 9.47 Å². The van der Waals surface area contributed by atoms with E-state index in [4.69, 9.17) is 14.2 Å². The molecule has 1 amide bonds. The molecule has 3 rings (SSSR count). The maximum Gasteiger partial charge on any atom is 0.260 e. The molecule has 1 fully saturated rings. The van der Waals surface area contributed by atoms with Crippen molar-refractivity contribution in [1.29, 1.82) is 0 Å². The molecular weight excluding hydrogens is 306 g/mol. The summed E-state index contributed by atoms with van der Waals surface area (Å²) in [5.74, 6) is 1.42. The van der Waals surface area contributed by atoms with Gasteiger partial charge in [0.1, 0.15) is 5.60 Å². The molecule has 2 aliphatic rings. The van der Waals surface area contributed by atoms with E-state index in [9.17, 15) is 4.79 Å². The van der Waals surface area contributed by atoms with E-state index in [1.165, 1.54) is 0 Å². The predicted molar refractivity (Wildman–Crippen MR) is 91.6 cm³/mol. The van der Waals surface area contributed by atoms with Gasteiger partial charge in [0, 0.05) is 31.7 Å². The molecule has 2 aliphatic heterocycles. The summed E-state index contributed by atoms with van der Waals surface area (Å²) in [5, 5.41) is 0. The Hall–Kier alpha value is -1.75. The average Bonchev–Trinajstić information content (AvgIpc) is 3.15. The van der Waals surface area contributed by atoms with Crippen LogP contribution in [0.25, 0.3) is 0 Å². The lowest BCUT2D eigenvalue weighted by Gasteiger charge is -2.24. The molecule has 132 valence electrons. The molecule has 5 nitrogen and oxygen atoms in total. The SMILES string of the molecule is CCN(CC1CCCO1)C(=O)COc1cccc2c1OC(C)(C)C2. The van der Waals surface area contributed by atoms with E-state index >= 15 is 0 Å². The van der Waals surface area contributed by atoms with Crippen LogP contribution in [0.2, 0.25) is 0 Å². The molecule has 0 bridgehead atoms. The van der Waals surface area contributed by atoms with Crippen LogP contribution >= 0.6 is 0 Å². The van der Waals surface area contributed by atoms with Crippen LogP contribution in [-0.2, 0) is 16.0 Å². The molecule has 2 heterocycles. The van der Waals surface area contributed by atoms with Gasteiger partial charge in [-0.3, -0.25) is 4.79 Å². The highest BCUT2D eigenvalue weighted by Crippen LogP contribution is 2.41. The van der Waals surface area contributed by atoms with E-state index in [0.29, 0.717) is 18.8 Å². The Morgan fingerprint density at radius 2 is 2.25 bits per heavy atom. The highest BCUT2D eigenvalue weighted by Gasteiger charge is 2.32. The average molecular weight is 333 g/mol. The third kappa shape index (κ3) is 3.83. The molecule has 1 aromatic rings. The maximum absolute atomic E-state index is 12.5. The third-order valence-corrected chi connectivity index (χ3v) is 4.59. The van der Waals surface area contributed by atoms with Crippen LogP contribution in [0.4, 0.5) is 0 Å². The van der Waals surface area contributed by atoms with Gasteiger partial charge in [-0.05, 0) is 39.7 Å². The van der Waals surface area contributed by atoms with Crippen molar-refractivity contribution in [3.05, 3.63) is 23.8 Å². The van der Waals surface area contributed by atoms with Gasteiger partial charge in [-0.2, -0.15) is 0 Å². The van der Waals surface area contributed by atoms with E-state index in [-0.39, 0.29) is 24.2 Å². The summed E-state index contributed by atoms with van der Waals surface area (Å²) in [6.07, 6.45) is 3.13. The first-order valence-corrected chi connectivity index (χ1v) is 8.81. The van der Waals surface area contributed by atoms with Crippen molar-refractivity contribution < 1.29 is 19.0 Å². The first-order chi connectivity index (χ1) is 11.5. The van der Waals surface area contributed by atoms with Crippen LogP contribution in [0, 0.1) is 0 Å². The molecule has 1 aromatic carbocycles. The van der Waals surface area contributed by atoms with E-state index in [1.807, 2.05) is 24.0 Å². The van der Waals surface area contributed by atoms with Crippen molar-refractivity contribution >= 4 is 5.91 Å². The number of nitrogens with zero attached hydrogens (tertiary/aromatic N) is 1. The van der Waals surface area contributed by atoms with Crippen molar-refractivity contribution in [3.63, 3.8) is 0 Å². The van der Waals surface area contributed by atoms with Crippen LogP contribution in [0.5, 0.6) is 11.5 Å². The molecule has 0 saturated carbocycles. The summed E-state index contributed by atoms with van der Waals surface area (Å²) in [7, 11) is 0. The zero-order valence-corrected chi connectivity index (χ0v) is 14.8. The number of hydrogen-bond donors (Lipinski definition) is 0. The molecule has 1 atom stereocenters. The minimum atomic E-state index is -0.221. The quantitative estimate of drug-likeness (QED) is 0.803. The van der Waals surface area contributed by atoms with Crippen molar-refractivity contribution in [2.24, 2.45) is 0 Å². The number of amides is 1. The Labute approximate surface area is 143 Å². The molecule has 1 unspecified atom stereocenters. The predicted octanol–water partition coefficient (Wildman–Crippen LogP) is 2.81. The summed E-state index contributed by atoms with van der Waals surface area (Å²) < 4.78 is 17.4. The lowest BCUT2D eigenvalue weighted by molar-refractivity contribution is -0.134. The smallest absolute Gasteiger partial charge is 0.260 e. The fourth-order valence-electron chi connectivity index (χ4n) is 3.37. The standard InChI is InChI=1S/C19H27NO4/c1-4-20(12-15-8-6-10-22-15)17(21)13-23-16-9-5-7-14-11-19(2,3)24-18(14)16/h5,7,9,15H,4,6,8,10-13H2,1-3H3. The highest BCUT2D eigenvalue weighted by atomic mass is 16.5. The summed E-state index contributed by atoms with van der Waals surface area (Å²) in [5.41, 5.74) is 0.915. The third-order valence-electron chi connectivity index (χ3n) is 4.59. The first-order valence-electron chi connectivity index (χ1n) is 8.81. The number of para-hydroxylation sites is 1. The molecule has 1 saturated heterocycles. The Bertz CT molecular complexity index is 593. The first kappa shape index (κ1) is 17.1. The van der Waals surface area contributed by atoms with Crippen molar-refractivity contribution in [2.75, 3.05) is 26.3 Å². The second-order valence-electron chi connectivity index (χ2n) is 7.14. The highest BCUT2D eigenvalue weighted by molar-refractivity contribution is 5.78. The van der Waals surface area contributed by atoms with Gasteiger partial charge >= 0.3 is 0 Å².